The Labute approximate surface area is 119 Å². The molecule has 0 aliphatic rings. The first-order valence-electron chi connectivity index (χ1n) is 5.90. The van der Waals surface area contributed by atoms with Crippen LogP contribution in [0, 0.1) is 0 Å². The molecule has 0 bridgehead atoms. The third-order valence-electron chi connectivity index (χ3n) is 2.74. The fraction of sp³-hybridized carbons (Fsp3) is 0.286. The number of hydrogen-bond acceptors (Lipinski definition) is 4. The third kappa shape index (κ3) is 4.34. The summed E-state index contributed by atoms with van der Waals surface area (Å²) in [7, 11) is 1.11. The number of nitrogens with two attached hydrogens (primary N) is 1. The van der Waals surface area contributed by atoms with E-state index in [4.69, 9.17) is 5.73 Å². The van der Waals surface area contributed by atoms with Crippen molar-refractivity contribution in [1.82, 2.24) is 0 Å². The molecule has 1 aromatic carbocycles. The van der Waals surface area contributed by atoms with E-state index in [1.165, 1.54) is 12.1 Å². The Morgan fingerprint density at radius 2 is 1.71 bits per heavy atom. The number of Topliss-reactive ketones (excluding diaryl/α,β-unsaturated/α-hetero) is 1. The van der Waals surface area contributed by atoms with Crippen LogP contribution in [0.1, 0.15) is 18.1 Å². The van der Waals surface area contributed by atoms with Crippen LogP contribution in [0.15, 0.2) is 35.5 Å². The molecule has 0 heterocycles. The number of benzene rings is 1. The molecule has 0 aromatic heterocycles. The van der Waals surface area contributed by atoms with E-state index < -0.39 is 23.5 Å². The summed E-state index contributed by atoms with van der Waals surface area (Å²) >= 11 is 0. The monoisotopic (exact) mass is 301 g/mol. The van der Waals surface area contributed by atoms with Crippen molar-refractivity contribution in [2.24, 2.45) is 5.73 Å². The average Bonchev–Trinajstić information content (AvgIpc) is 2.37. The van der Waals surface area contributed by atoms with Crippen LogP contribution >= 0.6 is 0 Å². The number of ketones is 1. The first kappa shape index (κ1) is 16.7. The Hall–Kier alpha value is -2.31. The van der Waals surface area contributed by atoms with E-state index in [1.54, 1.807) is 0 Å². The van der Waals surface area contributed by atoms with Gasteiger partial charge in [0.2, 0.25) is 0 Å². The van der Waals surface area contributed by atoms with Gasteiger partial charge in [-0.25, -0.2) is 4.79 Å². The van der Waals surface area contributed by atoms with Crippen molar-refractivity contribution in [2.45, 2.75) is 19.5 Å². The normalized spacial score (nSPS) is 12.6. The van der Waals surface area contributed by atoms with Gasteiger partial charge in [-0.3, -0.25) is 4.79 Å². The maximum atomic E-state index is 12.4. The molecule has 0 spiro atoms. The Morgan fingerprint density at radius 3 is 2.10 bits per heavy atom. The second-order valence-electron chi connectivity index (χ2n) is 4.32. The fourth-order valence-electron chi connectivity index (χ4n) is 1.72. The molecule has 1 aromatic rings. The molecule has 114 valence electrons. The lowest BCUT2D eigenvalue weighted by Crippen LogP contribution is -2.19. The van der Waals surface area contributed by atoms with Crippen LogP contribution in [0.25, 0.3) is 0 Å². The molecule has 0 radical (unpaired) electrons. The quantitative estimate of drug-likeness (QED) is 0.401. The van der Waals surface area contributed by atoms with Gasteiger partial charge in [0.1, 0.15) is 5.57 Å². The third-order valence-corrected chi connectivity index (χ3v) is 2.74. The Bertz CT molecular complexity index is 574. The summed E-state index contributed by atoms with van der Waals surface area (Å²) in [5.74, 6) is -1.43. The Morgan fingerprint density at radius 1 is 1.19 bits per heavy atom. The average molecular weight is 301 g/mol. The summed E-state index contributed by atoms with van der Waals surface area (Å²) < 4.78 is 41.7. The molecule has 0 saturated carbocycles. The van der Waals surface area contributed by atoms with Gasteiger partial charge < -0.3 is 10.5 Å². The smallest absolute Gasteiger partial charge is 0.416 e. The maximum absolute atomic E-state index is 12.4. The maximum Gasteiger partial charge on any atom is 0.416 e. The minimum atomic E-state index is -4.42. The van der Waals surface area contributed by atoms with Gasteiger partial charge in [-0.05, 0) is 24.6 Å². The number of esters is 1. The lowest BCUT2D eigenvalue weighted by Gasteiger charge is -2.10. The summed E-state index contributed by atoms with van der Waals surface area (Å²) in [6.45, 7) is 1.16. The van der Waals surface area contributed by atoms with Crippen molar-refractivity contribution >= 4 is 11.8 Å². The zero-order valence-corrected chi connectivity index (χ0v) is 11.5. The standard InChI is InChI=1S/C14H14F3NO3/c1-8(19)12(13(20)21-2)11(18)7-9-3-5-10(6-4-9)14(15,16)17/h3-6H,7,18H2,1-2H3. The van der Waals surface area contributed by atoms with Crippen molar-refractivity contribution in [3.8, 4) is 0 Å². The van der Waals surface area contributed by atoms with Gasteiger partial charge in [0, 0.05) is 12.1 Å². The van der Waals surface area contributed by atoms with E-state index in [0.29, 0.717) is 5.56 Å². The summed E-state index contributed by atoms with van der Waals surface area (Å²) in [4.78, 5) is 22.8. The van der Waals surface area contributed by atoms with E-state index in [9.17, 15) is 22.8 Å². The predicted octanol–water partition coefficient (Wildman–Crippen LogP) is 2.22. The van der Waals surface area contributed by atoms with Crippen molar-refractivity contribution < 1.29 is 27.5 Å². The number of carbonyl (C=O) groups is 2. The summed E-state index contributed by atoms with van der Waals surface area (Å²) in [5.41, 5.74) is 5.01. The SMILES string of the molecule is COC(=O)C(C(C)=O)=C(N)Cc1ccc(C(F)(F)F)cc1. The first-order valence-corrected chi connectivity index (χ1v) is 5.90. The van der Waals surface area contributed by atoms with Gasteiger partial charge in [0.05, 0.1) is 12.7 Å². The van der Waals surface area contributed by atoms with Crippen molar-refractivity contribution in [3.63, 3.8) is 0 Å². The number of carbonyl (C=O) groups excluding carboxylic acids is 2. The van der Waals surface area contributed by atoms with E-state index in [1.807, 2.05) is 0 Å². The van der Waals surface area contributed by atoms with Gasteiger partial charge >= 0.3 is 12.1 Å². The zero-order valence-electron chi connectivity index (χ0n) is 11.5. The number of alkyl halides is 3. The van der Waals surface area contributed by atoms with Gasteiger partial charge in [-0.2, -0.15) is 13.2 Å². The lowest BCUT2D eigenvalue weighted by atomic mass is 10.0. The van der Waals surface area contributed by atoms with Crippen molar-refractivity contribution in [2.75, 3.05) is 7.11 Å². The highest BCUT2D eigenvalue weighted by Crippen LogP contribution is 2.29. The van der Waals surface area contributed by atoms with Gasteiger partial charge in [-0.1, -0.05) is 12.1 Å². The molecule has 2 N–H and O–H groups in total. The molecule has 1 rings (SSSR count). The number of halogens is 3. The molecule has 0 fully saturated rings. The van der Waals surface area contributed by atoms with Crippen molar-refractivity contribution in [3.05, 3.63) is 46.7 Å². The second-order valence-corrected chi connectivity index (χ2v) is 4.32. The largest absolute Gasteiger partial charge is 0.465 e. The highest BCUT2D eigenvalue weighted by Gasteiger charge is 2.30. The van der Waals surface area contributed by atoms with Crippen LogP contribution in [0.2, 0.25) is 0 Å². The summed E-state index contributed by atoms with van der Waals surface area (Å²) in [6.07, 6.45) is -4.45. The number of ether oxygens (including phenoxy) is 1. The molecule has 0 unspecified atom stereocenters. The van der Waals surface area contributed by atoms with Crippen LogP contribution in [0.5, 0.6) is 0 Å². The number of rotatable bonds is 4. The van der Waals surface area contributed by atoms with Crippen LogP contribution < -0.4 is 5.73 Å². The molecule has 0 atom stereocenters. The number of hydrogen-bond donors (Lipinski definition) is 1. The highest BCUT2D eigenvalue weighted by atomic mass is 19.4. The van der Waals surface area contributed by atoms with Crippen LogP contribution in [0.3, 0.4) is 0 Å². The minimum absolute atomic E-state index is 0.0256. The van der Waals surface area contributed by atoms with Crippen LogP contribution in [-0.4, -0.2) is 18.9 Å². The molecular weight excluding hydrogens is 287 g/mol. The molecule has 0 aliphatic carbocycles. The van der Waals surface area contributed by atoms with Crippen molar-refractivity contribution in [1.29, 1.82) is 0 Å². The van der Waals surface area contributed by atoms with E-state index in [-0.39, 0.29) is 17.7 Å². The second kappa shape index (κ2) is 6.43. The molecule has 0 saturated heterocycles. The number of allylic oxidation sites excluding steroid dienone is 1. The molecular formula is C14H14F3NO3. The van der Waals surface area contributed by atoms with Crippen LogP contribution in [0.4, 0.5) is 13.2 Å². The van der Waals surface area contributed by atoms with Gasteiger partial charge in [0.15, 0.2) is 5.78 Å². The zero-order chi connectivity index (χ0) is 16.2. The minimum Gasteiger partial charge on any atom is -0.465 e. The molecule has 21 heavy (non-hydrogen) atoms. The summed E-state index contributed by atoms with van der Waals surface area (Å²) in [5, 5.41) is 0. The van der Waals surface area contributed by atoms with Gasteiger partial charge in [0.25, 0.3) is 0 Å². The Kier molecular flexibility index (Phi) is 5.12. The van der Waals surface area contributed by atoms with Crippen LogP contribution in [-0.2, 0) is 26.9 Å². The molecule has 4 nitrogen and oxygen atoms in total. The molecule has 7 heteroatoms. The van der Waals surface area contributed by atoms with Gasteiger partial charge in [-0.15, -0.1) is 0 Å². The lowest BCUT2D eigenvalue weighted by molar-refractivity contribution is -0.138. The van der Waals surface area contributed by atoms with E-state index in [2.05, 4.69) is 4.74 Å². The highest BCUT2D eigenvalue weighted by molar-refractivity contribution is 6.16. The first-order chi connectivity index (χ1) is 9.66. The molecule has 0 amide bonds. The fourth-order valence-corrected chi connectivity index (χ4v) is 1.72. The van der Waals surface area contributed by atoms with E-state index in [0.717, 1.165) is 26.2 Å². The Balaban J connectivity index is 3.04. The predicted molar refractivity (Wildman–Crippen MR) is 69.1 cm³/mol. The number of methoxy groups -OCH3 is 1. The topological polar surface area (TPSA) is 69.4 Å². The summed E-state index contributed by atoms with van der Waals surface area (Å²) in [6, 6.07) is 4.30. The van der Waals surface area contributed by atoms with E-state index >= 15 is 0 Å². The molecule has 0 aliphatic heterocycles.